The molecule has 13 heavy (non-hydrogen) atoms. The van der Waals surface area contributed by atoms with E-state index in [9.17, 15) is 4.39 Å². The first-order chi connectivity index (χ1) is 6.08. The largest absolute Gasteiger partial charge is 0.493 e. The van der Waals surface area contributed by atoms with Crippen LogP contribution in [0.4, 0.5) is 4.39 Å². The van der Waals surface area contributed by atoms with E-state index >= 15 is 0 Å². The van der Waals surface area contributed by atoms with Crippen LogP contribution in [0.3, 0.4) is 0 Å². The van der Waals surface area contributed by atoms with Crippen molar-refractivity contribution in [1.29, 1.82) is 0 Å². The minimum atomic E-state index is -0.284. The molecule has 0 amide bonds. The zero-order valence-corrected chi connectivity index (χ0v) is 9.27. The molecule has 0 saturated heterocycles. The van der Waals surface area contributed by atoms with Crippen molar-refractivity contribution in [2.75, 3.05) is 6.61 Å². The number of rotatable bonds is 3. The van der Waals surface area contributed by atoms with Gasteiger partial charge in [0, 0.05) is 10.5 Å². The third-order valence-electron chi connectivity index (χ3n) is 1.42. The fourth-order valence-corrected chi connectivity index (χ4v) is 1.32. The van der Waals surface area contributed by atoms with Gasteiger partial charge in [-0.05, 0) is 18.1 Å². The molecule has 0 aliphatic heterocycles. The Balaban J connectivity index is 2.66. The van der Waals surface area contributed by atoms with Gasteiger partial charge in [-0.3, -0.25) is 0 Å². The molecule has 0 aromatic heterocycles. The Labute approximate surface area is 86.0 Å². The van der Waals surface area contributed by atoms with E-state index in [1.54, 1.807) is 6.07 Å². The normalized spacial score (nSPS) is 10.5. The highest BCUT2D eigenvalue weighted by molar-refractivity contribution is 9.10. The number of halogens is 2. The van der Waals surface area contributed by atoms with Crippen molar-refractivity contribution in [3.8, 4) is 5.75 Å². The van der Waals surface area contributed by atoms with Crippen LogP contribution in [-0.4, -0.2) is 6.61 Å². The van der Waals surface area contributed by atoms with Crippen LogP contribution >= 0.6 is 15.9 Å². The van der Waals surface area contributed by atoms with E-state index in [-0.39, 0.29) is 5.82 Å². The van der Waals surface area contributed by atoms with E-state index in [1.165, 1.54) is 12.1 Å². The van der Waals surface area contributed by atoms with Crippen molar-refractivity contribution in [3.63, 3.8) is 0 Å². The third kappa shape index (κ3) is 3.77. The lowest BCUT2D eigenvalue weighted by Gasteiger charge is -2.08. The van der Waals surface area contributed by atoms with Gasteiger partial charge in [-0.2, -0.15) is 0 Å². The predicted octanol–water partition coefficient (Wildman–Crippen LogP) is 3.62. The van der Waals surface area contributed by atoms with E-state index in [4.69, 9.17) is 4.74 Å². The molecule has 0 radical (unpaired) electrons. The summed E-state index contributed by atoms with van der Waals surface area (Å²) < 4.78 is 18.9. The topological polar surface area (TPSA) is 9.23 Å². The molecule has 3 heteroatoms. The summed E-state index contributed by atoms with van der Waals surface area (Å²) in [6.45, 7) is 4.71. The molecule has 0 aliphatic carbocycles. The molecule has 0 fully saturated rings. The van der Waals surface area contributed by atoms with Crippen LogP contribution in [0.25, 0.3) is 0 Å². The average Bonchev–Trinajstić information content (AvgIpc) is 1.99. The lowest BCUT2D eigenvalue weighted by molar-refractivity contribution is 0.270. The van der Waals surface area contributed by atoms with E-state index in [0.29, 0.717) is 22.7 Å². The zero-order chi connectivity index (χ0) is 9.84. The summed E-state index contributed by atoms with van der Waals surface area (Å²) in [7, 11) is 0. The van der Waals surface area contributed by atoms with Crippen molar-refractivity contribution in [2.24, 2.45) is 5.92 Å². The highest BCUT2D eigenvalue weighted by Crippen LogP contribution is 2.20. The average molecular weight is 247 g/mol. The van der Waals surface area contributed by atoms with Crippen LogP contribution in [0.1, 0.15) is 13.8 Å². The molecule has 1 aromatic rings. The van der Waals surface area contributed by atoms with Crippen LogP contribution in [-0.2, 0) is 0 Å². The van der Waals surface area contributed by atoms with Crippen molar-refractivity contribution >= 4 is 15.9 Å². The molecule has 0 bridgehead atoms. The molecular formula is C10H12BrFO. The highest BCUT2D eigenvalue weighted by Gasteiger charge is 2.00. The first-order valence-corrected chi connectivity index (χ1v) is 4.96. The second kappa shape index (κ2) is 4.61. The second-order valence-corrected chi connectivity index (χ2v) is 4.23. The van der Waals surface area contributed by atoms with E-state index in [0.717, 1.165) is 0 Å². The predicted molar refractivity (Wildman–Crippen MR) is 54.4 cm³/mol. The number of hydrogen-bond donors (Lipinski definition) is 0. The minimum absolute atomic E-state index is 0.284. The Morgan fingerprint density at radius 2 is 2.08 bits per heavy atom. The van der Waals surface area contributed by atoms with Crippen LogP contribution < -0.4 is 4.74 Å². The first kappa shape index (κ1) is 10.5. The van der Waals surface area contributed by atoms with Crippen molar-refractivity contribution < 1.29 is 9.13 Å². The maximum absolute atomic E-state index is 12.8. The molecule has 1 nitrogen and oxygen atoms in total. The molecule has 0 spiro atoms. The number of ether oxygens (including phenoxy) is 1. The Kier molecular flexibility index (Phi) is 3.72. The van der Waals surface area contributed by atoms with Crippen molar-refractivity contribution in [3.05, 3.63) is 28.5 Å². The fourth-order valence-electron chi connectivity index (χ4n) is 0.875. The highest BCUT2D eigenvalue weighted by atomic mass is 79.9. The van der Waals surface area contributed by atoms with Crippen molar-refractivity contribution in [2.45, 2.75) is 13.8 Å². The molecule has 0 aliphatic rings. The molecule has 0 atom stereocenters. The van der Waals surface area contributed by atoms with Crippen molar-refractivity contribution in [1.82, 2.24) is 0 Å². The molecular weight excluding hydrogens is 235 g/mol. The summed E-state index contributed by atoms with van der Waals surface area (Å²) in [5, 5.41) is 0. The quantitative estimate of drug-likeness (QED) is 0.792. The Bertz CT molecular complexity index is 266. The standard InChI is InChI=1S/C10H12BrFO/c1-7(2)6-13-10-4-8(11)3-9(12)5-10/h3-5,7H,6H2,1-2H3. The lowest BCUT2D eigenvalue weighted by Crippen LogP contribution is -2.04. The monoisotopic (exact) mass is 246 g/mol. The minimum Gasteiger partial charge on any atom is -0.493 e. The van der Waals surface area contributed by atoms with Gasteiger partial charge >= 0.3 is 0 Å². The molecule has 72 valence electrons. The van der Waals surface area contributed by atoms with Gasteiger partial charge in [0.25, 0.3) is 0 Å². The summed E-state index contributed by atoms with van der Waals surface area (Å²) in [5.74, 6) is 0.732. The molecule has 1 rings (SSSR count). The van der Waals surface area contributed by atoms with Gasteiger partial charge < -0.3 is 4.74 Å². The van der Waals surface area contributed by atoms with E-state index in [1.807, 2.05) is 13.8 Å². The Morgan fingerprint density at radius 1 is 1.38 bits per heavy atom. The SMILES string of the molecule is CC(C)COc1cc(F)cc(Br)c1. The molecule has 0 saturated carbocycles. The molecule has 0 heterocycles. The number of hydrogen-bond acceptors (Lipinski definition) is 1. The van der Waals surface area contributed by atoms with Gasteiger partial charge in [0.15, 0.2) is 0 Å². The lowest BCUT2D eigenvalue weighted by atomic mass is 10.2. The second-order valence-electron chi connectivity index (χ2n) is 3.31. The fraction of sp³-hybridized carbons (Fsp3) is 0.400. The maximum Gasteiger partial charge on any atom is 0.128 e. The van der Waals surface area contributed by atoms with Gasteiger partial charge in [-0.1, -0.05) is 29.8 Å². The van der Waals surface area contributed by atoms with Gasteiger partial charge in [0.1, 0.15) is 11.6 Å². The molecule has 0 N–H and O–H groups in total. The number of benzene rings is 1. The summed E-state index contributed by atoms with van der Waals surface area (Å²) in [5.41, 5.74) is 0. The van der Waals surface area contributed by atoms with E-state index in [2.05, 4.69) is 15.9 Å². The smallest absolute Gasteiger partial charge is 0.128 e. The van der Waals surface area contributed by atoms with Gasteiger partial charge in [0.05, 0.1) is 6.61 Å². The summed E-state index contributed by atoms with van der Waals surface area (Å²) in [6.07, 6.45) is 0. The zero-order valence-electron chi connectivity index (χ0n) is 7.68. The Morgan fingerprint density at radius 3 is 2.62 bits per heavy atom. The van der Waals surface area contributed by atoms with Crippen LogP contribution in [0.2, 0.25) is 0 Å². The van der Waals surface area contributed by atoms with Crippen LogP contribution in [0.5, 0.6) is 5.75 Å². The summed E-state index contributed by atoms with van der Waals surface area (Å²) >= 11 is 3.20. The Hall–Kier alpha value is -0.570. The molecule has 0 unspecified atom stereocenters. The van der Waals surface area contributed by atoms with Gasteiger partial charge in [-0.15, -0.1) is 0 Å². The van der Waals surface area contributed by atoms with Crippen LogP contribution in [0, 0.1) is 11.7 Å². The third-order valence-corrected chi connectivity index (χ3v) is 1.88. The summed E-state index contributed by atoms with van der Waals surface area (Å²) in [4.78, 5) is 0. The van der Waals surface area contributed by atoms with Crippen LogP contribution in [0.15, 0.2) is 22.7 Å². The van der Waals surface area contributed by atoms with E-state index < -0.39 is 0 Å². The molecule has 1 aromatic carbocycles. The summed E-state index contributed by atoms with van der Waals surface area (Å²) in [6, 6.07) is 4.54. The van der Waals surface area contributed by atoms with Gasteiger partial charge in [-0.25, -0.2) is 4.39 Å². The first-order valence-electron chi connectivity index (χ1n) is 4.17. The maximum atomic E-state index is 12.8. The van der Waals surface area contributed by atoms with Gasteiger partial charge in [0.2, 0.25) is 0 Å².